The van der Waals surface area contributed by atoms with Crippen molar-refractivity contribution in [2.75, 3.05) is 0 Å². The molecule has 1 aromatic heterocycles. The molecule has 2 aromatic carbocycles. The minimum atomic E-state index is -0.522. The maximum Gasteiger partial charge on any atom is 0.269 e. The highest BCUT2D eigenvalue weighted by Crippen LogP contribution is 2.23. The van der Waals surface area contributed by atoms with Crippen LogP contribution in [0.2, 0.25) is 0 Å². The van der Waals surface area contributed by atoms with Crippen molar-refractivity contribution in [3.05, 3.63) is 65.2 Å². The van der Waals surface area contributed by atoms with Crippen molar-refractivity contribution in [3.63, 3.8) is 0 Å². The fourth-order valence-corrected chi connectivity index (χ4v) is 3.39. The normalized spacial score (nSPS) is 11.7. The van der Waals surface area contributed by atoms with E-state index in [1.54, 1.807) is 35.9 Å². The number of nitrogens with zero attached hydrogens (tertiary/aromatic N) is 4. The second-order valence-corrected chi connectivity index (χ2v) is 7.60. The zero-order chi connectivity index (χ0) is 20.1. The summed E-state index contributed by atoms with van der Waals surface area (Å²) in [7, 11) is 0. The van der Waals surface area contributed by atoms with Crippen LogP contribution in [-0.2, 0) is 4.79 Å². The maximum atomic E-state index is 12.3. The SMILES string of the molecule is Cc1cc(C)cc(-n2nnnc2S[C@@H](C)C(=O)NNC(=O)c2ccccc2)c1. The van der Waals surface area contributed by atoms with E-state index >= 15 is 0 Å². The molecule has 0 aliphatic carbocycles. The minimum Gasteiger partial charge on any atom is -0.272 e. The molecule has 2 amide bonds. The first-order valence-electron chi connectivity index (χ1n) is 8.63. The van der Waals surface area contributed by atoms with E-state index in [0.29, 0.717) is 10.7 Å². The number of hydrogen-bond acceptors (Lipinski definition) is 6. The monoisotopic (exact) mass is 396 g/mol. The average Bonchev–Trinajstić information content (AvgIpc) is 3.13. The van der Waals surface area contributed by atoms with Crippen LogP contribution >= 0.6 is 11.8 Å². The fourth-order valence-electron chi connectivity index (χ4n) is 2.58. The van der Waals surface area contributed by atoms with E-state index in [4.69, 9.17) is 0 Å². The average molecular weight is 396 g/mol. The Morgan fingerprint density at radius 3 is 2.39 bits per heavy atom. The summed E-state index contributed by atoms with van der Waals surface area (Å²) in [5, 5.41) is 11.7. The Hall–Kier alpha value is -3.20. The Labute approximate surface area is 166 Å². The number of amides is 2. The summed E-state index contributed by atoms with van der Waals surface area (Å²) in [6.07, 6.45) is 0. The predicted molar refractivity (Wildman–Crippen MR) is 106 cm³/mol. The van der Waals surface area contributed by atoms with Gasteiger partial charge in [-0.1, -0.05) is 36.0 Å². The lowest BCUT2D eigenvalue weighted by Gasteiger charge is -2.13. The van der Waals surface area contributed by atoms with Crippen LogP contribution in [0.25, 0.3) is 5.69 Å². The summed E-state index contributed by atoms with van der Waals surface area (Å²) < 4.78 is 1.59. The van der Waals surface area contributed by atoms with Crippen LogP contribution in [-0.4, -0.2) is 37.3 Å². The second kappa shape index (κ2) is 8.66. The molecular weight excluding hydrogens is 376 g/mol. The third-order valence-electron chi connectivity index (χ3n) is 3.88. The van der Waals surface area contributed by atoms with Crippen LogP contribution in [0, 0.1) is 13.8 Å². The van der Waals surface area contributed by atoms with Crippen LogP contribution in [0.15, 0.2) is 53.7 Å². The first-order chi connectivity index (χ1) is 13.4. The number of carbonyl (C=O) groups is 2. The van der Waals surface area contributed by atoms with Crippen LogP contribution in [0.1, 0.15) is 28.4 Å². The molecule has 1 heterocycles. The van der Waals surface area contributed by atoms with E-state index in [1.807, 2.05) is 32.0 Å². The van der Waals surface area contributed by atoms with Crippen molar-refractivity contribution in [1.29, 1.82) is 0 Å². The molecule has 0 fully saturated rings. The molecule has 9 heteroatoms. The van der Waals surface area contributed by atoms with Crippen molar-refractivity contribution < 1.29 is 9.59 Å². The van der Waals surface area contributed by atoms with E-state index in [9.17, 15) is 9.59 Å². The van der Waals surface area contributed by atoms with Gasteiger partial charge in [-0.3, -0.25) is 20.4 Å². The van der Waals surface area contributed by atoms with Gasteiger partial charge < -0.3 is 0 Å². The molecule has 3 aromatic rings. The highest BCUT2D eigenvalue weighted by atomic mass is 32.2. The molecule has 0 aliphatic heterocycles. The van der Waals surface area contributed by atoms with Crippen LogP contribution in [0.4, 0.5) is 0 Å². The van der Waals surface area contributed by atoms with Gasteiger partial charge in [-0.2, -0.15) is 4.68 Å². The standard InChI is InChI=1S/C19H20N6O2S/c1-12-9-13(2)11-16(10-12)25-19(22-23-24-25)28-14(3)17(26)20-21-18(27)15-7-5-4-6-8-15/h4-11,14H,1-3H3,(H,20,26)(H,21,27)/t14-/m0/s1. The van der Waals surface area contributed by atoms with Gasteiger partial charge in [-0.25, -0.2) is 0 Å². The number of hydrogen-bond donors (Lipinski definition) is 2. The van der Waals surface area contributed by atoms with Gasteiger partial charge in [0.1, 0.15) is 0 Å². The van der Waals surface area contributed by atoms with E-state index in [-0.39, 0.29) is 11.8 Å². The molecule has 0 unspecified atom stereocenters. The molecule has 0 saturated carbocycles. The Bertz CT molecular complexity index is 969. The lowest BCUT2D eigenvalue weighted by Crippen LogP contribution is -2.44. The van der Waals surface area contributed by atoms with E-state index < -0.39 is 5.25 Å². The highest BCUT2D eigenvalue weighted by molar-refractivity contribution is 8.00. The van der Waals surface area contributed by atoms with E-state index in [0.717, 1.165) is 16.8 Å². The quantitative estimate of drug-likeness (QED) is 0.506. The summed E-state index contributed by atoms with van der Waals surface area (Å²) >= 11 is 1.20. The zero-order valence-corrected chi connectivity index (χ0v) is 16.5. The maximum absolute atomic E-state index is 12.3. The molecule has 3 rings (SSSR count). The molecular formula is C19H20N6O2S. The van der Waals surface area contributed by atoms with Gasteiger partial charge in [0, 0.05) is 5.56 Å². The van der Waals surface area contributed by atoms with Gasteiger partial charge in [0.2, 0.25) is 5.16 Å². The Morgan fingerprint density at radius 1 is 1.04 bits per heavy atom. The fraction of sp³-hybridized carbons (Fsp3) is 0.211. The third kappa shape index (κ3) is 4.74. The summed E-state index contributed by atoms with van der Waals surface area (Å²) in [6.45, 7) is 5.72. The highest BCUT2D eigenvalue weighted by Gasteiger charge is 2.20. The summed E-state index contributed by atoms with van der Waals surface area (Å²) in [5.74, 6) is -0.740. The molecule has 144 valence electrons. The molecule has 0 spiro atoms. The molecule has 2 N–H and O–H groups in total. The van der Waals surface area contributed by atoms with Crippen molar-refractivity contribution in [1.82, 2.24) is 31.1 Å². The smallest absolute Gasteiger partial charge is 0.269 e. The van der Waals surface area contributed by atoms with Crippen molar-refractivity contribution >= 4 is 23.6 Å². The number of aromatic nitrogens is 4. The number of aryl methyl sites for hydroxylation is 2. The number of carbonyl (C=O) groups excluding carboxylic acids is 2. The second-order valence-electron chi connectivity index (χ2n) is 6.29. The zero-order valence-electron chi connectivity index (χ0n) is 15.7. The van der Waals surface area contributed by atoms with Gasteiger partial charge in [0.05, 0.1) is 10.9 Å². The first kappa shape index (κ1) is 19.6. The van der Waals surface area contributed by atoms with Crippen LogP contribution < -0.4 is 10.9 Å². The topological polar surface area (TPSA) is 102 Å². The lowest BCUT2D eigenvalue weighted by molar-refractivity contribution is -0.121. The van der Waals surface area contributed by atoms with Crippen LogP contribution in [0.3, 0.4) is 0 Å². The summed E-state index contributed by atoms with van der Waals surface area (Å²) in [5.41, 5.74) is 8.32. The molecule has 0 saturated heterocycles. The summed E-state index contributed by atoms with van der Waals surface area (Å²) in [6, 6.07) is 14.6. The van der Waals surface area contributed by atoms with E-state index in [1.165, 1.54) is 11.8 Å². The van der Waals surface area contributed by atoms with Gasteiger partial charge >= 0.3 is 0 Å². The molecule has 0 bridgehead atoms. The minimum absolute atomic E-state index is 0.357. The molecule has 0 aliphatic rings. The molecule has 28 heavy (non-hydrogen) atoms. The van der Waals surface area contributed by atoms with Crippen molar-refractivity contribution in [3.8, 4) is 5.69 Å². The first-order valence-corrected chi connectivity index (χ1v) is 9.51. The van der Waals surface area contributed by atoms with Crippen molar-refractivity contribution in [2.45, 2.75) is 31.2 Å². The number of rotatable bonds is 5. The molecule has 1 atom stereocenters. The van der Waals surface area contributed by atoms with Gasteiger partial charge in [-0.15, -0.1) is 5.10 Å². The number of hydrazine groups is 1. The Kier molecular flexibility index (Phi) is 6.05. The Balaban J connectivity index is 1.63. The predicted octanol–water partition coefficient (Wildman–Crippen LogP) is 2.22. The van der Waals surface area contributed by atoms with Gasteiger partial charge in [0.15, 0.2) is 0 Å². The van der Waals surface area contributed by atoms with Gasteiger partial charge in [-0.05, 0) is 66.6 Å². The van der Waals surface area contributed by atoms with Gasteiger partial charge in [0.25, 0.3) is 11.8 Å². The summed E-state index contributed by atoms with van der Waals surface area (Å²) in [4.78, 5) is 24.4. The largest absolute Gasteiger partial charge is 0.272 e. The molecule has 8 nitrogen and oxygen atoms in total. The van der Waals surface area contributed by atoms with Crippen molar-refractivity contribution in [2.24, 2.45) is 0 Å². The Morgan fingerprint density at radius 2 is 1.71 bits per heavy atom. The lowest BCUT2D eigenvalue weighted by atomic mass is 10.1. The number of thioether (sulfide) groups is 1. The third-order valence-corrected chi connectivity index (χ3v) is 4.91. The number of benzene rings is 2. The molecule has 0 radical (unpaired) electrons. The van der Waals surface area contributed by atoms with Crippen LogP contribution in [0.5, 0.6) is 0 Å². The number of tetrazole rings is 1. The van der Waals surface area contributed by atoms with E-state index in [2.05, 4.69) is 32.4 Å². The number of nitrogens with one attached hydrogen (secondary N) is 2.